The lowest BCUT2D eigenvalue weighted by Gasteiger charge is -2.20. The van der Waals surface area contributed by atoms with Gasteiger partial charge in [-0.25, -0.2) is 9.50 Å². The summed E-state index contributed by atoms with van der Waals surface area (Å²) in [4.78, 5) is 16.9. The minimum atomic E-state index is -4.61. The van der Waals surface area contributed by atoms with Crippen LogP contribution >= 0.6 is 0 Å². The number of fused-ring (bicyclic) bond motifs is 1. The number of nitrogens with zero attached hydrogens (tertiary/aromatic N) is 3. The lowest BCUT2D eigenvalue weighted by molar-refractivity contribution is -0.137. The number of carbonyl (C=O) groups excluding carboxylic acids is 1. The number of benzene rings is 2. The summed E-state index contributed by atoms with van der Waals surface area (Å²) in [5.41, 5.74) is 1.38. The van der Waals surface area contributed by atoms with Crippen molar-refractivity contribution >= 4 is 17.2 Å². The molecule has 2 aromatic heterocycles. The van der Waals surface area contributed by atoms with Crippen LogP contribution in [-0.2, 0) is 17.4 Å². The maximum Gasteiger partial charge on any atom is 0.418 e. The van der Waals surface area contributed by atoms with Gasteiger partial charge in [0.15, 0.2) is 5.65 Å². The molecule has 2 heterocycles. The van der Waals surface area contributed by atoms with Crippen LogP contribution in [0.2, 0.25) is 0 Å². The molecule has 4 rings (SSSR count). The SMILES string of the molecule is CC(C)(C)C(=O)Nc1cc(-c2cn3nc(Cc4ccccc4)ccc3n2)ccc1C(F)(F)F. The Balaban J connectivity index is 1.69. The first-order valence-corrected chi connectivity index (χ1v) is 10.4. The molecule has 0 spiro atoms. The number of amides is 1. The van der Waals surface area contributed by atoms with Crippen LogP contribution in [0.1, 0.15) is 37.6 Å². The van der Waals surface area contributed by atoms with Crippen LogP contribution in [0.15, 0.2) is 66.9 Å². The highest BCUT2D eigenvalue weighted by atomic mass is 19.4. The van der Waals surface area contributed by atoms with Gasteiger partial charge in [-0.2, -0.15) is 18.3 Å². The van der Waals surface area contributed by atoms with E-state index in [1.54, 1.807) is 31.5 Å². The van der Waals surface area contributed by atoms with E-state index in [2.05, 4.69) is 15.4 Å². The van der Waals surface area contributed by atoms with E-state index >= 15 is 0 Å². The van der Waals surface area contributed by atoms with Crippen molar-refractivity contribution in [2.45, 2.75) is 33.4 Å². The van der Waals surface area contributed by atoms with Crippen LogP contribution in [-0.4, -0.2) is 20.5 Å². The molecule has 0 aliphatic rings. The zero-order valence-corrected chi connectivity index (χ0v) is 18.4. The maximum atomic E-state index is 13.5. The van der Waals surface area contributed by atoms with Gasteiger partial charge >= 0.3 is 6.18 Å². The molecule has 33 heavy (non-hydrogen) atoms. The average molecular weight is 452 g/mol. The first-order valence-electron chi connectivity index (χ1n) is 10.4. The molecule has 0 saturated carbocycles. The fourth-order valence-electron chi connectivity index (χ4n) is 3.32. The van der Waals surface area contributed by atoms with Gasteiger partial charge in [-0.15, -0.1) is 0 Å². The molecule has 5 nitrogen and oxygen atoms in total. The maximum absolute atomic E-state index is 13.5. The lowest BCUT2D eigenvalue weighted by Crippen LogP contribution is -2.28. The number of halogens is 3. The van der Waals surface area contributed by atoms with Crippen molar-refractivity contribution in [3.63, 3.8) is 0 Å². The summed E-state index contributed by atoms with van der Waals surface area (Å²) in [7, 11) is 0. The van der Waals surface area contributed by atoms with Gasteiger partial charge < -0.3 is 5.32 Å². The molecular weight excluding hydrogens is 429 g/mol. The highest BCUT2D eigenvalue weighted by Crippen LogP contribution is 2.37. The zero-order valence-electron chi connectivity index (χ0n) is 18.4. The summed E-state index contributed by atoms with van der Waals surface area (Å²) in [6, 6.07) is 17.2. The van der Waals surface area contributed by atoms with Crippen molar-refractivity contribution in [2.24, 2.45) is 5.41 Å². The van der Waals surface area contributed by atoms with Crippen molar-refractivity contribution in [1.82, 2.24) is 14.6 Å². The summed E-state index contributed by atoms with van der Waals surface area (Å²) in [6.45, 7) is 4.92. The van der Waals surface area contributed by atoms with Gasteiger partial charge in [0.05, 0.1) is 28.8 Å². The van der Waals surface area contributed by atoms with Gasteiger partial charge in [0.2, 0.25) is 5.91 Å². The molecule has 0 aliphatic heterocycles. The number of alkyl halides is 3. The smallest absolute Gasteiger partial charge is 0.325 e. The van der Waals surface area contributed by atoms with Gasteiger partial charge in [0.25, 0.3) is 0 Å². The quantitative estimate of drug-likeness (QED) is 0.414. The van der Waals surface area contributed by atoms with Crippen molar-refractivity contribution in [3.8, 4) is 11.3 Å². The van der Waals surface area contributed by atoms with Gasteiger partial charge in [-0.1, -0.05) is 57.2 Å². The van der Waals surface area contributed by atoms with E-state index in [1.165, 1.54) is 12.1 Å². The third-order valence-electron chi connectivity index (χ3n) is 5.15. The molecule has 0 atom stereocenters. The number of hydrogen-bond acceptors (Lipinski definition) is 3. The molecule has 0 fully saturated rings. The van der Waals surface area contributed by atoms with Crippen LogP contribution in [0.25, 0.3) is 16.9 Å². The van der Waals surface area contributed by atoms with E-state index in [1.807, 2.05) is 42.5 Å². The predicted molar refractivity (Wildman–Crippen MR) is 121 cm³/mol. The molecule has 2 aromatic carbocycles. The Hall–Kier alpha value is -3.68. The molecule has 4 aromatic rings. The van der Waals surface area contributed by atoms with Crippen molar-refractivity contribution in [3.05, 3.63) is 83.7 Å². The molecule has 1 N–H and O–H groups in total. The number of anilines is 1. The lowest BCUT2D eigenvalue weighted by atomic mass is 9.95. The molecule has 8 heteroatoms. The molecule has 0 aliphatic carbocycles. The summed E-state index contributed by atoms with van der Waals surface area (Å²) in [6.07, 6.45) is -2.29. The van der Waals surface area contributed by atoms with Crippen molar-refractivity contribution < 1.29 is 18.0 Å². The van der Waals surface area contributed by atoms with Crippen LogP contribution < -0.4 is 5.32 Å². The molecule has 1 amide bonds. The highest BCUT2D eigenvalue weighted by Gasteiger charge is 2.35. The van der Waals surface area contributed by atoms with E-state index in [0.29, 0.717) is 23.3 Å². The second kappa shape index (κ2) is 8.35. The van der Waals surface area contributed by atoms with Crippen molar-refractivity contribution in [1.29, 1.82) is 0 Å². The van der Waals surface area contributed by atoms with E-state index in [-0.39, 0.29) is 5.69 Å². The second-order valence-electron chi connectivity index (χ2n) is 8.88. The molecular formula is C25H23F3N4O. The number of aromatic nitrogens is 3. The number of carbonyl (C=O) groups is 1. The monoisotopic (exact) mass is 452 g/mol. The number of rotatable bonds is 4. The Morgan fingerprint density at radius 1 is 1.00 bits per heavy atom. The number of hydrogen-bond donors (Lipinski definition) is 1. The summed E-state index contributed by atoms with van der Waals surface area (Å²) >= 11 is 0. The van der Waals surface area contributed by atoms with E-state index < -0.39 is 23.1 Å². The van der Waals surface area contributed by atoms with Crippen LogP contribution in [0, 0.1) is 5.41 Å². The second-order valence-corrected chi connectivity index (χ2v) is 8.88. The Labute approximate surface area is 189 Å². The molecule has 0 unspecified atom stereocenters. The summed E-state index contributed by atoms with van der Waals surface area (Å²) < 4.78 is 42.2. The van der Waals surface area contributed by atoms with Crippen molar-refractivity contribution in [2.75, 3.05) is 5.32 Å². The van der Waals surface area contributed by atoms with Gasteiger partial charge in [-0.3, -0.25) is 4.79 Å². The Kier molecular flexibility index (Phi) is 5.69. The van der Waals surface area contributed by atoms with E-state index in [0.717, 1.165) is 17.3 Å². The fraction of sp³-hybridized carbons (Fsp3) is 0.240. The Morgan fingerprint density at radius 2 is 1.73 bits per heavy atom. The Morgan fingerprint density at radius 3 is 2.39 bits per heavy atom. The minimum absolute atomic E-state index is 0.297. The third-order valence-corrected chi connectivity index (χ3v) is 5.15. The number of imidazole rings is 1. The Bertz CT molecular complexity index is 1300. The third kappa shape index (κ3) is 5.05. The van der Waals surface area contributed by atoms with Crippen LogP contribution in [0.3, 0.4) is 0 Å². The average Bonchev–Trinajstić information content (AvgIpc) is 3.16. The summed E-state index contributed by atoms with van der Waals surface area (Å²) in [5, 5.41) is 7.01. The molecule has 170 valence electrons. The van der Waals surface area contributed by atoms with Gasteiger partial charge in [-0.05, 0) is 29.8 Å². The van der Waals surface area contributed by atoms with Gasteiger partial charge in [0.1, 0.15) is 0 Å². The van der Waals surface area contributed by atoms with Crippen LogP contribution in [0.4, 0.5) is 18.9 Å². The predicted octanol–water partition coefficient (Wildman–Crippen LogP) is 5.99. The normalized spacial score (nSPS) is 12.2. The van der Waals surface area contributed by atoms with E-state index in [9.17, 15) is 18.0 Å². The highest BCUT2D eigenvalue weighted by molar-refractivity contribution is 5.96. The standard InChI is InChI=1S/C25H23F3N4O/c1-24(2,3)23(33)30-20-14-17(9-11-19(20)25(26,27)28)21-15-32-22(29-21)12-10-18(31-32)13-16-7-5-4-6-8-16/h4-12,14-15H,13H2,1-3H3,(H,30,33). The zero-order chi connectivity index (χ0) is 23.8. The van der Waals surface area contributed by atoms with Crippen LogP contribution in [0.5, 0.6) is 0 Å². The molecule has 0 radical (unpaired) electrons. The largest absolute Gasteiger partial charge is 0.418 e. The summed E-state index contributed by atoms with van der Waals surface area (Å²) in [5.74, 6) is -0.507. The number of nitrogens with one attached hydrogen (secondary N) is 1. The molecule has 0 saturated heterocycles. The first kappa shape index (κ1) is 22.5. The minimum Gasteiger partial charge on any atom is -0.325 e. The van der Waals surface area contributed by atoms with E-state index in [4.69, 9.17) is 0 Å². The first-order chi connectivity index (χ1) is 15.5. The fourth-order valence-corrected chi connectivity index (χ4v) is 3.32. The topological polar surface area (TPSA) is 59.3 Å². The molecule has 0 bridgehead atoms. The van der Waals surface area contributed by atoms with Gasteiger partial charge in [0, 0.05) is 17.4 Å².